The van der Waals surface area contributed by atoms with Gasteiger partial charge >= 0.3 is 0 Å². The maximum atomic E-state index is 11.2. The van der Waals surface area contributed by atoms with Crippen LogP contribution in [0.5, 0.6) is 0 Å². The van der Waals surface area contributed by atoms with Crippen LogP contribution in [0.4, 0.5) is 0 Å². The lowest BCUT2D eigenvalue weighted by Crippen LogP contribution is -2.42. The van der Waals surface area contributed by atoms with Gasteiger partial charge in [0.25, 0.3) is 7.82 Å². The minimum Gasteiger partial charge on any atom is -0.756 e. The molecule has 36 heavy (non-hydrogen) atoms. The zero-order valence-electron chi connectivity index (χ0n) is 23.4. The highest BCUT2D eigenvalue weighted by Crippen LogP contribution is 2.34. The summed E-state index contributed by atoms with van der Waals surface area (Å²) in [6.07, 6.45) is 19.2. The predicted molar refractivity (Wildman–Crippen MR) is 159 cm³/mol. The van der Waals surface area contributed by atoms with E-state index in [4.69, 9.17) is 9.42 Å². The van der Waals surface area contributed by atoms with Gasteiger partial charge in [0.1, 0.15) is 12.6 Å². The highest BCUT2D eigenvalue weighted by atomic mass is 127. The summed E-state index contributed by atoms with van der Waals surface area (Å²) in [7, 11) is 1.30. The molecule has 0 aliphatic heterocycles. The molecule has 0 radical (unpaired) electrons. The Morgan fingerprint density at radius 2 is 1.28 bits per heavy atom. The molecule has 3 unspecified atom stereocenters. The topological polar surface area (TPSA) is 69.6 Å². The fourth-order valence-corrected chi connectivity index (χ4v) is 5.92. The molecule has 0 saturated carbocycles. The van der Waals surface area contributed by atoms with E-state index in [2.05, 4.69) is 53.8 Å². The smallest absolute Gasteiger partial charge is 0.265 e. The first-order chi connectivity index (χ1) is 17.0. The summed E-state index contributed by atoms with van der Waals surface area (Å²) in [6, 6.07) is 9.11. The lowest BCUT2D eigenvalue weighted by atomic mass is 9.88. The Kier molecular flexibility index (Phi) is 18.1. The number of phosphoric ester groups is 1. The number of benzene rings is 1. The zero-order chi connectivity index (χ0) is 26.9. The van der Waals surface area contributed by atoms with Crippen molar-refractivity contribution in [2.45, 2.75) is 122 Å². The first-order valence-corrected chi connectivity index (χ1v) is 16.9. The van der Waals surface area contributed by atoms with Crippen LogP contribution in [0.3, 0.4) is 0 Å². The highest BCUT2D eigenvalue weighted by molar-refractivity contribution is 14.1. The summed E-state index contributed by atoms with van der Waals surface area (Å²) in [4.78, 5) is 20.3. The number of halogens is 1. The minimum atomic E-state index is -4.70. The molecule has 0 amide bonds. The van der Waals surface area contributed by atoms with Crippen LogP contribution in [0.2, 0.25) is 0 Å². The third-order valence-corrected chi connectivity index (χ3v) is 8.14. The van der Waals surface area contributed by atoms with E-state index in [0.717, 1.165) is 19.3 Å². The van der Waals surface area contributed by atoms with E-state index < -0.39 is 13.9 Å². The van der Waals surface area contributed by atoms with Crippen molar-refractivity contribution in [1.82, 2.24) is 0 Å². The Hall–Kier alpha value is 0.0200. The average Bonchev–Trinajstić information content (AvgIpc) is 2.77. The molecule has 7 heteroatoms. The standard InChI is InChI=1S/C29H53INO4P/c1-5-6-7-8-9-10-12-15-18-26(27-21-23-28(30)24-22-27)19-16-13-11-14-17-20-29(25-31(2,3)4)35-36(32,33)34/h21-24,26,29H,5-20,25H2,1-4H3,(H-,32,33,34). The van der Waals surface area contributed by atoms with Crippen LogP contribution in [0, 0.1) is 3.57 Å². The van der Waals surface area contributed by atoms with Crippen LogP contribution < -0.4 is 4.89 Å². The molecule has 5 nitrogen and oxygen atoms in total. The Bertz CT molecular complexity index is 717. The van der Waals surface area contributed by atoms with E-state index in [0.29, 0.717) is 23.4 Å². The molecule has 1 aromatic rings. The predicted octanol–water partition coefficient (Wildman–Crippen LogP) is 8.19. The monoisotopic (exact) mass is 637 g/mol. The number of rotatable bonds is 22. The van der Waals surface area contributed by atoms with E-state index in [1.165, 1.54) is 86.2 Å². The second-order valence-corrected chi connectivity index (χ2v) is 13.9. The highest BCUT2D eigenvalue weighted by Gasteiger charge is 2.22. The molecule has 0 aliphatic rings. The molecule has 1 N–H and O–H groups in total. The van der Waals surface area contributed by atoms with Crippen LogP contribution in [-0.4, -0.2) is 43.2 Å². The van der Waals surface area contributed by atoms with E-state index >= 15 is 0 Å². The second-order valence-electron chi connectivity index (χ2n) is 11.5. The maximum Gasteiger partial charge on any atom is 0.265 e. The van der Waals surface area contributed by atoms with Gasteiger partial charge in [-0.3, -0.25) is 4.57 Å². The molecule has 0 heterocycles. The maximum absolute atomic E-state index is 11.2. The first kappa shape index (κ1) is 34.0. The summed E-state index contributed by atoms with van der Waals surface area (Å²) in [6.45, 7) is 2.83. The summed E-state index contributed by atoms with van der Waals surface area (Å²) in [5.74, 6) is 0.653. The van der Waals surface area contributed by atoms with Gasteiger partial charge in [-0.05, 0) is 65.5 Å². The fourth-order valence-electron chi connectivity index (χ4n) is 5.01. The molecule has 0 saturated heterocycles. The van der Waals surface area contributed by atoms with Gasteiger partial charge in [0, 0.05) is 3.57 Å². The summed E-state index contributed by atoms with van der Waals surface area (Å²) in [5.41, 5.74) is 1.49. The molecule has 3 atom stereocenters. The van der Waals surface area contributed by atoms with Crippen molar-refractivity contribution in [3.05, 3.63) is 33.4 Å². The van der Waals surface area contributed by atoms with Crippen molar-refractivity contribution in [3.8, 4) is 0 Å². The molecular formula is C29H53INO4P. The van der Waals surface area contributed by atoms with Crippen molar-refractivity contribution < 1.29 is 23.4 Å². The number of hydrogen-bond donors (Lipinski definition) is 1. The van der Waals surface area contributed by atoms with Gasteiger partial charge in [0.05, 0.1) is 21.1 Å². The van der Waals surface area contributed by atoms with Crippen LogP contribution >= 0.6 is 30.4 Å². The van der Waals surface area contributed by atoms with Crippen molar-refractivity contribution in [2.75, 3.05) is 27.7 Å². The normalized spacial score (nSPS) is 15.5. The molecule has 0 bridgehead atoms. The largest absolute Gasteiger partial charge is 0.756 e. The number of unbranched alkanes of at least 4 members (excludes halogenated alkanes) is 11. The third-order valence-electron chi connectivity index (χ3n) is 6.86. The van der Waals surface area contributed by atoms with Crippen LogP contribution in [0.25, 0.3) is 0 Å². The van der Waals surface area contributed by atoms with E-state index in [-0.39, 0.29) is 0 Å². The Labute approximate surface area is 235 Å². The molecule has 0 aromatic heterocycles. The summed E-state index contributed by atoms with van der Waals surface area (Å²) in [5, 5.41) is 0. The van der Waals surface area contributed by atoms with Gasteiger partial charge in [-0.25, -0.2) is 0 Å². The van der Waals surface area contributed by atoms with Gasteiger partial charge in [-0.1, -0.05) is 103 Å². The molecule has 210 valence electrons. The van der Waals surface area contributed by atoms with Crippen molar-refractivity contribution in [1.29, 1.82) is 0 Å². The molecule has 1 rings (SSSR count). The summed E-state index contributed by atoms with van der Waals surface area (Å²) < 4.78 is 18.1. The van der Waals surface area contributed by atoms with Crippen LogP contribution in [0.15, 0.2) is 24.3 Å². The van der Waals surface area contributed by atoms with Gasteiger partial charge in [-0.15, -0.1) is 0 Å². The van der Waals surface area contributed by atoms with Crippen LogP contribution in [0.1, 0.15) is 121 Å². The number of hydrogen-bond acceptors (Lipinski definition) is 3. The summed E-state index contributed by atoms with van der Waals surface area (Å²) >= 11 is 2.38. The van der Waals surface area contributed by atoms with Gasteiger partial charge < -0.3 is 18.8 Å². The number of phosphoric acid groups is 1. The Morgan fingerprint density at radius 1 is 0.833 bits per heavy atom. The second kappa shape index (κ2) is 19.1. The number of likely N-dealkylation sites (N-methyl/N-ethyl adjacent to an activating group) is 1. The molecule has 1 aromatic carbocycles. The Morgan fingerprint density at radius 3 is 1.72 bits per heavy atom. The lowest BCUT2D eigenvalue weighted by molar-refractivity contribution is -0.873. The minimum absolute atomic E-state index is 0.463. The quantitative estimate of drug-likeness (QED) is 0.0603. The first-order valence-electron chi connectivity index (χ1n) is 14.3. The SMILES string of the molecule is CCCCCCCCCCC(CCCCCCCC(C[N+](C)(C)C)OP(=O)([O-])O)c1ccc(I)cc1. The number of quaternary nitrogens is 1. The van der Waals surface area contributed by atoms with Crippen molar-refractivity contribution in [3.63, 3.8) is 0 Å². The zero-order valence-corrected chi connectivity index (χ0v) is 26.5. The average molecular weight is 638 g/mol. The Balaban J connectivity index is 2.35. The van der Waals surface area contributed by atoms with Gasteiger partial charge in [0.2, 0.25) is 0 Å². The fraction of sp³-hybridized carbons (Fsp3) is 0.793. The van der Waals surface area contributed by atoms with E-state index in [1.807, 2.05) is 21.1 Å². The molecule has 0 fully saturated rings. The van der Waals surface area contributed by atoms with Crippen LogP contribution in [-0.2, 0) is 9.09 Å². The third kappa shape index (κ3) is 19.1. The van der Waals surface area contributed by atoms with Gasteiger partial charge in [-0.2, -0.15) is 0 Å². The van der Waals surface area contributed by atoms with E-state index in [1.54, 1.807) is 0 Å². The van der Waals surface area contributed by atoms with Crippen molar-refractivity contribution >= 4 is 30.4 Å². The number of nitrogens with zero attached hydrogens (tertiary/aromatic N) is 1. The van der Waals surface area contributed by atoms with Crippen molar-refractivity contribution in [2.24, 2.45) is 0 Å². The van der Waals surface area contributed by atoms with E-state index in [9.17, 15) is 9.46 Å². The lowest BCUT2D eigenvalue weighted by Gasteiger charge is -2.31. The molecular weight excluding hydrogens is 584 g/mol. The van der Waals surface area contributed by atoms with Gasteiger partial charge in [0.15, 0.2) is 0 Å². The molecule has 0 aliphatic carbocycles. The molecule has 0 spiro atoms.